The molecule has 1 aliphatic heterocycles. The molecule has 5 amide bonds. The summed E-state index contributed by atoms with van der Waals surface area (Å²) in [5.41, 5.74) is 4.79. The molecule has 2 aromatic carbocycles. The molecular weight excluding hydrogens is 819 g/mol. The second kappa shape index (κ2) is 20.7. The van der Waals surface area contributed by atoms with Crippen molar-refractivity contribution in [2.75, 3.05) is 18.4 Å². The van der Waals surface area contributed by atoms with Gasteiger partial charge in [-0.3, -0.25) is 29.3 Å². The molecule has 6 rings (SSSR count). The number of fused-ring (bicyclic) bond motifs is 1. The summed E-state index contributed by atoms with van der Waals surface area (Å²) in [5.74, 6) is -2.66. The van der Waals surface area contributed by atoms with Gasteiger partial charge in [-0.25, -0.2) is 9.48 Å². The molecule has 64 heavy (non-hydrogen) atoms. The molecule has 2 fully saturated rings. The number of urea groups is 1. The molecule has 17 nitrogen and oxygen atoms in total. The number of aromatic nitrogens is 4. The Bertz CT molecular complexity index is 2300. The molecule has 0 radical (unpaired) electrons. The summed E-state index contributed by atoms with van der Waals surface area (Å²) in [7, 11) is 0. The molecule has 1 aliphatic carbocycles. The third-order valence-corrected chi connectivity index (χ3v) is 12.5. The highest BCUT2D eigenvalue weighted by Gasteiger charge is 2.45. The van der Waals surface area contributed by atoms with Crippen LogP contribution in [0, 0.1) is 11.8 Å². The van der Waals surface area contributed by atoms with Crippen LogP contribution in [0.25, 0.3) is 10.8 Å². The van der Waals surface area contributed by atoms with Crippen molar-refractivity contribution in [2.24, 2.45) is 17.6 Å². The number of hydrogen-bond acceptors (Lipinski definition) is 11. The van der Waals surface area contributed by atoms with Crippen molar-refractivity contribution < 1.29 is 38.4 Å². The second-order valence-electron chi connectivity index (χ2n) is 19.0. The fourth-order valence-corrected chi connectivity index (χ4v) is 8.88. The van der Waals surface area contributed by atoms with E-state index in [0.717, 1.165) is 42.9 Å². The Balaban J connectivity index is 1.17. The molecule has 344 valence electrons. The van der Waals surface area contributed by atoms with Gasteiger partial charge in [0.15, 0.2) is 11.6 Å². The molecule has 6 N–H and O–H groups in total. The summed E-state index contributed by atoms with van der Waals surface area (Å²) in [5, 5.41) is 33.2. The number of hydrogen-bond donors (Lipinski definition) is 5. The van der Waals surface area contributed by atoms with Gasteiger partial charge in [-0.05, 0) is 68.7 Å². The molecule has 17 heteroatoms. The first-order chi connectivity index (χ1) is 30.4. The van der Waals surface area contributed by atoms with E-state index >= 15 is 0 Å². The van der Waals surface area contributed by atoms with Gasteiger partial charge in [-0.2, -0.15) is 0 Å². The Kier molecular flexibility index (Phi) is 15.4. The van der Waals surface area contributed by atoms with Gasteiger partial charge >= 0.3 is 6.03 Å². The Morgan fingerprint density at radius 2 is 1.67 bits per heavy atom. The normalized spacial score (nSPS) is 18.1. The van der Waals surface area contributed by atoms with Gasteiger partial charge in [-0.15, -0.1) is 5.10 Å². The standard InChI is InChI=1S/C47H63N9O8/c1-46(2,3)39-26-40(53-64-39)52-45(62)49-22-12-11-17-35(41(58)42(48)59)51-43(60)36-25-34(56-38(27-50-54-56)47(4,5)63)28-55(36)44(61)33(23-29-13-7-6-8-14-29)20-21-37(57)32-19-18-30-15-9-10-16-31(30)24-32/h9-10,15-16,18-19,24,26-27,29,33-36,63H,6-8,11-14,17,20-23,25,28H2,1-5H3,(H2,48,59)(H,51,60)(H2,49,52,53,62)/t33-,34+,35?,36+/m1/s1. The number of carbonyl (C=O) groups excluding carboxylic acids is 6. The highest BCUT2D eigenvalue weighted by Crippen LogP contribution is 2.36. The lowest BCUT2D eigenvalue weighted by atomic mass is 9.80. The van der Waals surface area contributed by atoms with Crippen LogP contribution >= 0.6 is 0 Å². The summed E-state index contributed by atoms with van der Waals surface area (Å²) in [6.45, 7) is 9.32. The Labute approximate surface area is 373 Å². The average Bonchev–Trinajstić information content (AvgIpc) is 4.05. The van der Waals surface area contributed by atoms with E-state index in [0.29, 0.717) is 36.3 Å². The van der Waals surface area contributed by atoms with E-state index in [2.05, 4.69) is 31.4 Å². The predicted molar refractivity (Wildman–Crippen MR) is 239 cm³/mol. The van der Waals surface area contributed by atoms with Crippen LogP contribution < -0.4 is 21.7 Å². The van der Waals surface area contributed by atoms with Crippen LogP contribution in [0.4, 0.5) is 10.6 Å². The molecule has 1 saturated carbocycles. The fourth-order valence-electron chi connectivity index (χ4n) is 8.88. The summed E-state index contributed by atoms with van der Waals surface area (Å²) in [6.07, 6.45) is 8.43. The minimum Gasteiger partial charge on any atom is -0.384 e. The molecule has 4 atom stereocenters. The summed E-state index contributed by atoms with van der Waals surface area (Å²) in [6, 6.07) is 11.6. The second-order valence-corrected chi connectivity index (χ2v) is 19.0. The van der Waals surface area contributed by atoms with Crippen LogP contribution in [-0.4, -0.2) is 90.6 Å². The molecular formula is C47H63N9O8. The lowest BCUT2D eigenvalue weighted by Crippen LogP contribution is -2.53. The van der Waals surface area contributed by atoms with Crippen LogP contribution in [-0.2, 0) is 30.2 Å². The number of carbonyl (C=O) groups is 6. The lowest BCUT2D eigenvalue weighted by molar-refractivity contribution is -0.143. The molecule has 2 aliphatic rings. The monoisotopic (exact) mass is 881 g/mol. The summed E-state index contributed by atoms with van der Waals surface area (Å²) in [4.78, 5) is 82.6. The van der Waals surface area contributed by atoms with Crippen LogP contribution in [0.1, 0.15) is 140 Å². The number of amides is 5. The van der Waals surface area contributed by atoms with Crippen LogP contribution in [0.15, 0.2) is 59.3 Å². The topological polar surface area (TPSA) is 245 Å². The maximum atomic E-state index is 15.0. The van der Waals surface area contributed by atoms with Crippen molar-refractivity contribution in [1.29, 1.82) is 0 Å². The first kappa shape index (κ1) is 47.5. The molecule has 2 aromatic heterocycles. The number of anilines is 1. The van der Waals surface area contributed by atoms with Crippen molar-refractivity contribution in [3.8, 4) is 0 Å². The highest BCUT2D eigenvalue weighted by molar-refractivity contribution is 6.37. The average molecular weight is 882 g/mol. The van der Waals surface area contributed by atoms with Gasteiger partial charge in [-0.1, -0.05) is 99.6 Å². The van der Waals surface area contributed by atoms with E-state index in [4.69, 9.17) is 10.3 Å². The largest absolute Gasteiger partial charge is 0.384 e. The quantitative estimate of drug-likeness (QED) is 0.0424. The number of nitrogens with one attached hydrogen (secondary N) is 3. The first-order valence-corrected chi connectivity index (χ1v) is 22.5. The van der Waals surface area contributed by atoms with Gasteiger partial charge in [0.25, 0.3) is 5.91 Å². The predicted octanol–water partition coefficient (Wildman–Crippen LogP) is 5.87. The zero-order valence-electron chi connectivity index (χ0n) is 37.6. The smallest absolute Gasteiger partial charge is 0.320 e. The molecule has 3 heterocycles. The first-order valence-electron chi connectivity index (χ1n) is 22.5. The Morgan fingerprint density at radius 1 is 0.938 bits per heavy atom. The number of nitrogens with two attached hydrogens (primary N) is 1. The Morgan fingerprint density at radius 3 is 2.36 bits per heavy atom. The van der Waals surface area contributed by atoms with Crippen LogP contribution in [0.3, 0.4) is 0 Å². The van der Waals surface area contributed by atoms with Gasteiger partial charge in [0.1, 0.15) is 17.4 Å². The summed E-state index contributed by atoms with van der Waals surface area (Å²) >= 11 is 0. The van der Waals surface area contributed by atoms with E-state index in [1.807, 2.05) is 63.2 Å². The van der Waals surface area contributed by atoms with Crippen molar-refractivity contribution in [3.63, 3.8) is 0 Å². The van der Waals surface area contributed by atoms with Crippen molar-refractivity contribution in [3.05, 3.63) is 71.7 Å². The minimum atomic E-state index is -1.34. The van der Waals surface area contributed by atoms with Crippen molar-refractivity contribution >= 4 is 51.9 Å². The molecule has 1 saturated heterocycles. The van der Waals surface area contributed by atoms with E-state index in [1.165, 1.54) is 15.8 Å². The van der Waals surface area contributed by atoms with E-state index in [-0.39, 0.29) is 67.6 Å². The number of benzene rings is 2. The lowest BCUT2D eigenvalue weighted by Gasteiger charge is -2.32. The van der Waals surface area contributed by atoms with Crippen molar-refractivity contribution in [2.45, 2.75) is 141 Å². The van der Waals surface area contributed by atoms with E-state index < -0.39 is 53.3 Å². The molecule has 1 unspecified atom stereocenters. The van der Waals surface area contributed by atoms with Crippen molar-refractivity contribution in [1.82, 2.24) is 35.7 Å². The maximum absolute atomic E-state index is 15.0. The maximum Gasteiger partial charge on any atom is 0.320 e. The number of rotatable bonds is 19. The zero-order chi connectivity index (χ0) is 46.2. The van der Waals surface area contributed by atoms with Gasteiger partial charge in [0, 0.05) is 48.9 Å². The number of primary amides is 1. The molecule has 4 aromatic rings. The molecule has 0 spiro atoms. The number of unbranched alkanes of at least 4 members (excludes halogenated alkanes) is 1. The summed E-state index contributed by atoms with van der Waals surface area (Å²) < 4.78 is 6.85. The number of aliphatic hydroxyl groups is 1. The SMILES string of the molecule is CC(C)(C)c1cc(NC(=O)NCCCCC(NC(=O)[C@@H]2C[C@H](n3nncc3C(C)(C)O)CN2C(=O)[C@H](CCC(=O)c2ccc3ccccc3c2)CC2CCCCC2)C(=O)C(N)=O)no1. The highest BCUT2D eigenvalue weighted by atomic mass is 16.5. The van der Waals surface area contributed by atoms with Gasteiger partial charge < -0.3 is 30.9 Å². The van der Waals surface area contributed by atoms with E-state index in [9.17, 15) is 33.9 Å². The molecule has 0 bridgehead atoms. The Hall–Kier alpha value is -5.97. The van der Waals surface area contributed by atoms with E-state index in [1.54, 1.807) is 19.9 Å². The third kappa shape index (κ3) is 12.2. The zero-order valence-corrected chi connectivity index (χ0v) is 37.6. The van der Waals surface area contributed by atoms with Gasteiger partial charge in [0.2, 0.25) is 17.6 Å². The minimum absolute atomic E-state index is 0.0340. The number of likely N-dealkylation sites (tertiary alicyclic amines) is 1. The van der Waals surface area contributed by atoms with Crippen LogP contribution in [0.2, 0.25) is 0 Å². The van der Waals surface area contributed by atoms with Crippen LogP contribution in [0.5, 0.6) is 0 Å². The number of Topliss-reactive ketones (excluding diaryl/α,β-unsaturated/α-hetero) is 2. The number of nitrogens with zero attached hydrogens (tertiary/aromatic N) is 5. The van der Waals surface area contributed by atoms with Gasteiger partial charge in [0.05, 0.1) is 24.0 Å². The third-order valence-electron chi connectivity index (χ3n) is 12.5. The fraction of sp³-hybridized carbons (Fsp3) is 0.553. The number of ketones is 2.